The van der Waals surface area contributed by atoms with Crippen LogP contribution in [0.1, 0.15) is 13.3 Å². The van der Waals surface area contributed by atoms with Gasteiger partial charge in [-0.25, -0.2) is 9.53 Å². The number of hydrogen-bond donors (Lipinski definition) is 2. The fraction of sp³-hybridized carbons (Fsp3) is 0.667. The summed E-state index contributed by atoms with van der Waals surface area (Å²) < 4.78 is 69.8. The topological polar surface area (TPSA) is 71.0 Å². The summed E-state index contributed by atoms with van der Waals surface area (Å²) in [5, 5.41) is 9.55. The van der Waals surface area contributed by atoms with E-state index in [1.807, 2.05) is 5.43 Å². The van der Waals surface area contributed by atoms with E-state index < -0.39 is 30.7 Å². The van der Waals surface area contributed by atoms with Crippen molar-refractivity contribution >= 4 is 6.09 Å². The average molecular weight is 306 g/mol. The number of nitrogens with zero attached hydrogens (tertiary/aromatic N) is 1. The number of halogens is 5. The Labute approximate surface area is 109 Å². The Morgan fingerprint density at radius 1 is 1.50 bits per heavy atom. The van der Waals surface area contributed by atoms with Crippen molar-refractivity contribution in [2.24, 2.45) is 0 Å². The van der Waals surface area contributed by atoms with E-state index in [2.05, 4.69) is 16.1 Å². The second kappa shape index (κ2) is 5.05. The van der Waals surface area contributed by atoms with Crippen molar-refractivity contribution in [1.82, 2.24) is 10.4 Å². The van der Waals surface area contributed by atoms with E-state index in [9.17, 15) is 31.9 Å². The fourth-order valence-electron chi connectivity index (χ4n) is 1.51. The Balaban J connectivity index is 3.08. The number of alkyl halides is 5. The molecule has 1 aliphatic rings. The van der Waals surface area contributed by atoms with Gasteiger partial charge in [0, 0.05) is 12.1 Å². The van der Waals surface area contributed by atoms with Crippen LogP contribution >= 0.6 is 0 Å². The van der Waals surface area contributed by atoms with Gasteiger partial charge in [0.1, 0.15) is 0 Å². The normalized spacial score (nSPS) is 23.8. The molecule has 1 atom stereocenters. The smallest absolute Gasteiger partial charge is 0.448 e. The molecule has 6 nitrogen and oxygen atoms in total. The number of carbonyl (C=O) groups is 1. The van der Waals surface area contributed by atoms with E-state index in [0.29, 0.717) is 0 Å². The quantitative estimate of drug-likeness (QED) is 0.776. The van der Waals surface area contributed by atoms with E-state index in [0.717, 1.165) is 0 Å². The molecule has 0 saturated carbocycles. The van der Waals surface area contributed by atoms with Gasteiger partial charge in [0.15, 0.2) is 0 Å². The lowest BCUT2D eigenvalue weighted by atomic mass is 10.1. The number of hydrazine groups is 1. The van der Waals surface area contributed by atoms with Crippen LogP contribution in [0.2, 0.25) is 0 Å². The molecular weight excluding hydrogens is 295 g/mol. The summed E-state index contributed by atoms with van der Waals surface area (Å²) in [6.07, 6.45) is -13.4. The van der Waals surface area contributed by atoms with Crippen molar-refractivity contribution in [3.05, 3.63) is 12.3 Å². The highest BCUT2D eigenvalue weighted by Gasteiger charge is 2.67. The first-order chi connectivity index (χ1) is 8.93. The van der Waals surface area contributed by atoms with E-state index in [-0.39, 0.29) is 17.3 Å². The van der Waals surface area contributed by atoms with Gasteiger partial charge in [-0.15, -0.1) is 13.2 Å². The zero-order valence-corrected chi connectivity index (χ0v) is 10.1. The van der Waals surface area contributed by atoms with Crippen molar-refractivity contribution < 1.29 is 41.3 Å². The van der Waals surface area contributed by atoms with Crippen molar-refractivity contribution in [3.8, 4) is 0 Å². The van der Waals surface area contributed by atoms with Gasteiger partial charge in [-0.3, -0.25) is 5.43 Å². The van der Waals surface area contributed by atoms with Crippen LogP contribution in [0.4, 0.5) is 26.7 Å². The van der Waals surface area contributed by atoms with Gasteiger partial charge in [0.2, 0.25) is 0 Å². The number of ether oxygens (including phenoxy) is 2. The van der Waals surface area contributed by atoms with Crippen molar-refractivity contribution in [1.29, 1.82) is 0 Å². The molecule has 11 heteroatoms. The zero-order chi connectivity index (χ0) is 15.8. The van der Waals surface area contributed by atoms with Gasteiger partial charge in [0.05, 0.1) is 6.61 Å². The highest BCUT2D eigenvalue weighted by Crippen LogP contribution is 2.43. The van der Waals surface area contributed by atoms with Crippen LogP contribution in [-0.4, -0.2) is 41.0 Å². The standard InChI is InChI=1S/C9H11F5N2O4/c1-3-19-6(17)16-7(18,4-5(2)15-16)8(10,11)20-9(12,13)14/h15,18H,2-4H2,1H3/t7-/m0/s1. The van der Waals surface area contributed by atoms with Gasteiger partial charge in [-0.05, 0) is 6.92 Å². The van der Waals surface area contributed by atoms with Crippen molar-refractivity contribution in [3.63, 3.8) is 0 Å². The number of rotatable bonds is 3. The molecule has 1 fully saturated rings. The number of aliphatic hydroxyl groups is 1. The molecule has 1 aliphatic heterocycles. The zero-order valence-electron chi connectivity index (χ0n) is 10.1. The molecule has 0 aliphatic carbocycles. The maximum absolute atomic E-state index is 13.5. The Morgan fingerprint density at radius 2 is 2.05 bits per heavy atom. The average Bonchev–Trinajstić information content (AvgIpc) is 2.52. The summed E-state index contributed by atoms with van der Waals surface area (Å²) >= 11 is 0. The van der Waals surface area contributed by atoms with Crippen LogP contribution in [-0.2, 0) is 9.47 Å². The van der Waals surface area contributed by atoms with Gasteiger partial charge in [-0.1, -0.05) is 6.58 Å². The minimum Gasteiger partial charge on any atom is -0.448 e. The molecule has 1 rings (SSSR count). The summed E-state index contributed by atoms with van der Waals surface area (Å²) in [5.74, 6) is 0. The lowest BCUT2D eigenvalue weighted by molar-refractivity contribution is -0.469. The monoisotopic (exact) mass is 306 g/mol. The predicted molar refractivity (Wildman–Crippen MR) is 52.8 cm³/mol. The summed E-state index contributed by atoms with van der Waals surface area (Å²) in [4.78, 5) is 11.4. The third kappa shape index (κ3) is 3.10. The van der Waals surface area contributed by atoms with Gasteiger partial charge >= 0.3 is 18.6 Å². The third-order valence-electron chi connectivity index (χ3n) is 2.26. The first kappa shape index (κ1) is 16.4. The van der Waals surface area contributed by atoms with Crippen LogP contribution in [0.3, 0.4) is 0 Å². The van der Waals surface area contributed by atoms with E-state index in [4.69, 9.17) is 0 Å². The number of hydrogen-bond acceptors (Lipinski definition) is 5. The minimum atomic E-state index is -5.72. The molecule has 0 unspecified atom stereocenters. The molecule has 116 valence electrons. The summed E-state index contributed by atoms with van der Waals surface area (Å²) in [6, 6.07) is 0. The second-order valence-electron chi connectivity index (χ2n) is 3.81. The third-order valence-corrected chi connectivity index (χ3v) is 2.26. The van der Waals surface area contributed by atoms with E-state index in [1.54, 1.807) is 0 Å². The summed E-state index contributed by atoms with van der Waals surface area (Å²) in [6.45, 7) is 4.26. The summed E-state index contributed by atoms with van der Waals surface area (Å²) in [7, 11) is 0. The van der Waals surface area contributed by atoms with Crippen LogP contribution in [0.15, 0.2) is 12.3 Å². The largest absolute Gasteiger partial charge is 0.527 e. The SMILES string of the molecule is C=C1C[C@](O)(C(F)(F)OC(F)(F)F)N(C(=O)OCC)N1. The van der Waals surface area contributed by atoms with Gasteiger partial charge in [0.25, 0.3) is 5.72 Å². The van der Waals surface area contributed by atoms with Crippen LogP contribution in [0, 0.1) is 0 Å². The molecule has 0 spiro atoms. The second-order valence-corrected chi connectivity index (χ2v) is 3.81. The highest BCUT2D eigenvalue weighted by molar-refractivity contribution is 5.69. The van der Waals surface area contributed by atoms with Crippen LogP contribution in [0.5, 0.6) is 0 Å². The number of nitrogens with one attached hydrogen (secondary N) is 1. The van der Waals surface area contributed by atoms with E-state index in [1.165, 1.54) is 6.92 Å². The molecule has 20 heavy (non-hydrogen) atoms. The van der Waals surface area contributed by atoms with Gasteiger partial charge in [-0.2, -0.15) is 13.8 Å². The molecule has 0 aromatic heterocycles. The van der Waals surface area contributed by atoms with Gasteiger partial charge < -0.3 is 9.84 Å². The number of amides is 1. The fourth-order valence-corrected chi connectivity index (χ4v) is 1.51. The Hall–Kier alpha value is -1.62. The minimum absolute atomic E-state index is 0.190. The molecular formula is C9H11F5N2O4. The van der Waals surface area contributed by atoms with E-state index >= 15 is 0 Å². The maximum atomic E-state index is 13.5. The molecule has 1 amide bonds. The maximum Gasteiger partial charge on any atom is 0.527 e. The predicted octanol–water partition coefficient (Wildman–Crippen LogP) is 1.68. The lowest BCUT2D eigenvalue weighted by Crippen LogP contribution is -2.63. The molecule has 0 radical (unpaired) electrons. The molecule has 0 aromatic rings. The van der Waals surface area contributed by atoms with Crippen LogP contribution in [0.25, 0.3) is 0 Å². The van der Waals surface area contributed by atoms with Crippen molar-refractivity contribution in [2.75, 3.05) is 6.61 Å². The number of carbonyl (C=O) groups excluding carboxylic acids is 1. The van der Waals surface area contributed by atoms with Crippen LogP contribution < -0.4 is 5.43 Å². The molecule has 1 heterocycles. The molecule has 1 saturated heterocycles. The highest BCUT2D eigenvalue weighted by atomic mass is 19.4. The first-order valence-electron chi connectivity index (χ1n) is 5.21. The Kier molecular flexibility index (Phi) is 4.15. The Bertz CT molecular complexity index is 414. The summed E-state index contributed by atoms with van der Waals surface area (Å²) in [5.41, 5.74) is -2.03. The Morgan fingerprint density at radius 3 is 2.50 bits per heavy atom. The molecule has 2 N–H and O–H groups in total. The lowest BCUT2D eigenvalue weighted by Gasteiger charge is -2.36. The van der Waals surface area contributed by atoms with Crippen molar-refractivity contribution in [2.45, 2.75) is 31.5 Å². The molecule has 0 bridgehead atoms. The first-order valence-corrected chi connectivity index (χ1v) is 5.21. The molecule has 0 aromatic carbocycles.